The second-order valence-electron chi connectivity index (χ2n) is 8.55. The Morgan fingerprint density at radius 3 is 2.34 bits per heavy atom. The van der Waals surface area contributed by atoms with Crippen molar-refractivity contribution in [2.24, 2.45) is 0 Å². The summed E-state index contributed by atoms with van der Waals surface area (Å²) in [6, 6.07) is 6.97. The topological polar surface area (TPSA) is 97.0 Å². The van der Waals surface area contributed by atoms with Crippen LogP contribution in [0.4, 0.5) is 10.5 Å². The van der Waals surface area contributed by atoms with Gasteiger partial charge in [0.05, 0.1) is 18.0 Å². The van der Waals surface area contributed by atoms with Crippen LogP contribution in [0.15, 0.2) is 24.3 Å². The van der Waals surface area contributed by atoms with E-state index in [1.807, 2.05) is 24.3 Å². The van der Waals surface area contributed by atoms with Gasteiger partial charge in [0.15, 0.2) is 0 Å². The van der Waals surface area contributed by atoms with Crippen LogP contribution in [0.25, 0.3) is 0 Å². The maximum absolute atomic E-state index is 12.5. The summed E-state index contributed by atoms with van der Waals surface area (Å²) in [4.78, 5) is 14.2. The fourth-order valence-electron chi connectivity index (χ4n) is 3.21. The molecule has 1 aromatic carbocycles. The first kappa shape index (κ1) is 21.9. The molecule has 2 fully saturated rings. The second kappa shape index (κ2) is 8.89. The fraction of sp³-hybridized carbons (Fsp3) is 0.650. The van der Waals surface area contributed by atoms with Crippen LogP contribution in [-0.4, -0.2) is 62.5 Å². The highest BCUT2D eigenvalue weighted by Crippen LogP contribution is 2.21. The Balaban J connectivity index is 1.46. The largest absolute Gasteiger partial charge is 0.488 e. The van der Waals surface area contributed by atoms with Crippen LogP contribution in [0, 0.1) is 0 Å². The number of likely N-dealkylation sites (tertiary alicyclic amines) is 1. The summed E-state index contributed by atoms with van der Waals surface area (Å²) in [6.45, 7) is 7.38. The van der Waals surface area contributed by atoms with Crippen molar-refractivity contribution < 1.29 is 22.7 Å². The van der Waals surface area contributed by atoms with E-state index in [0.29, 0.717) is 38.2 Å². The van der Waals surface area contributed by atoms with E-state index < -0.39 is 14.8 Å². The number of nitrogens with one attached hydrogen (secondary N) is 2. The van der Waals surface area contributed by atoms with Gasteiger partial charge in [0.1, 0.15) is 11.9 Å². The van der Waals surface area contributed by atoms with Crippen molar-refractivity contribution in [2.45, 2.75) is 56.9 Å². The van der Waals surface area contributed by atoms with Gasteiger partial charge in [-0.15, -0.1) is 0 Å². The van der Waals surface area contributed by atoms with Crippen LogP contribution in [0.1, 0.15) is 40.0 Å². The summed E-state index contributed by atoms with van der Waals surface area (Å²) in [7, 11) is -3.39. The number of anilines is 1. The Labute approximate surface area is 173 Å². The average Bonchev–Trinajstić information content (AvgIpc) is 3.16. The number of hydrogen-bond acceptors (Lipinski definition) is 5. The molecule has 29 heavy (non-hydrogen) atoms. The molecule has 0 aliphatic carbocycles. The molecule has 162 valence electrons. The molecule has 1 aromatic rings. The molecule has 2 heterocycles. The number of amides is 2. The van der Waals surface area contributed by atoms with Crippen LogP contribution in [0.2, 0.25) is 0 Å². The summed E-state index contributed by atoms with van der Waals surface area (Å²) in [5, 5.41) is 2.89. The highest BCUT2D eigenvalue weighted by molar-refractivity contribution is 7.90. The zero-order valence-electron chi connectivity index (χ0n) is 17.3. The first-order valence-corrected chi connectivity index (χ1v) is 11.5. The summed E-state index contributed by atoms with van der Waals surface area (Å²) in [6.07, 6.45) is 2.17. The summed E-state index contributed by atoms with van der Waals surface area (Å²) < 4.78 is 37.6. The predicted octanol–water partition coefficient (Wildman–Crippen LogP) is 2.57. The van der Waals surface area contributed by atoms with Crippen molar-refractivity contribution >= 4 is 21.7 Å². The van der Waals surface area contributed by atoms with Gasteiger partial charge in [-0.1, -0.05) is 0 Å². The molecule has 2 amide bonds. The van der Waals surface area contributed by atoms with E-state index >= 15 is 0 Å². The van der Waals surface area contributed by atoms with Gasteiger partial charge in [0.2, 0.25) is 10.0 Å². The van der Waals surface area contributed by atoms with Crippen molar-refractivity contribution in [1.82, 2.24) is 9.62 Å². The molecule has 2 aliphatic rings. The number of sulfonamides is 1. The summed E-state index contributed by atoms with van der Waals surface area (Å²) in [5.41, 5.74) is 0.695. The third-order valence-electron chi connectivity index (χ3n) is 5.21. The SMILES string of the molecule is CC(C)(C)S(=O)(=O)NC1CCN(C(=O)Nc2ccc(OC3CCOC3)cc2)CC1. The van der Waals surface area contributed by atoms with Crippen molar-refractivity contribution in [3.05, 3.63) is 24.3 Å². The minimum atomic E-state index is -3.39. The van der Waals surface area contributed by atoms with Gasteiger partial charge >= 0.3 is 6.03 Å². The zero-order chi connectivity index (χ0) is 21.1. The summed E-state index contributed by atoms with van der Waals surface area (Å²) >= 11 is 0. The maximum atomic E-state index is 12.5. The number of rotatable bonds is 5. The molecular formula is C20H31N3O5S. The molecule has 0 saturated carbocycles. The number of carbonyl (C=O) groups is 1. The number of nitrogens with zero attached hydrogens (tertiary/aromatic N) is 1. The van der Waals surface area contributed by atoms with E-state index in [1.54, 1.807) is 25.7 Å². The fourth-order valence-corrected chi connectivity index (χ4v) is 4.24. The van der Waals surface area contributed by atoms with E-state index in [1.165, 1.54) is 0 Å². The van der Waals surface area contributed by atoms with Gasteiger partial charge in [-0.3, -0.25) is 0 Å². The molecule has 2 N–H and O–H groups in total. The van der Waals surface area contributed by atoms with Crippen LogP contribution < -0.4 is 14.8 Å². The normalized spacial score (nSPS) is 21.2. The first-order chi connectivity index (χ1) is 13.6. The molecular weight excluding hydrogens is 394 g/mol. The molecule has 0 radical (unpaired) electrons. The molecule has 0 aromatic heterocycles. The van der Waals surface area contributed by atoms with E-state index in [2.05, 4.69) is 10.0 Å². The molecule has 9 heteroatoms. The summed E-state index contributed by atoms with van der Waals surface area (Å²) in [5.74, 6) is 0.755. The monoisotopic (exact) mass is 425 g/mol. The van der Waals surface area contributed by atoms with Crippen LogP contribution in [0.5, 0.6) is 5.75 Å². The zero-order valence-corrected chi connectivity index (χ0v) is 18.1. The minimum Gasteiger partial charge on any atom is -0.488 e. The van der Waals surface area contributed by atoms with E-state index in [-0.39, 0.29) is 18.2 Å². The number of ether oxygens (including phenoxy) is 2. The third-order valence-corrected chi connectivity index (χ3v) is 7.46. The molecule has 2 aliphatic heterocycles. The molecule has 1 atom stereocenters. The highest BCUT2D eigenvalue weighted by atomic mass is 32.2. The van der Waals surface area contributed by atoms with Crippen LogP contribution >= 0.6 is 0 Å². The number of benzene rings is 1. The molecule has 8 nitrogen and oxygen atoms in total. The average molecular weight is 426 g/mol. The Morgan fingerprint density at radius 1 is 1.14 bits per heavy atom. The predicted molar refractivity (Wildman–Crippen MR) is 112 cm³/mol. The van der Waals surface area contributed by atoms with Crippen molar-refractivity contribution in [3.63, 3.8) is 0 Å². The maximum Gasteiger partial charge on any atom is 0.321 e. The van der Waals surface area contributed by atoms with Crippen molar-refractivity contribution in [2.75, 3.05) is 31.6 Å². The number of urea groups is 1. The Bertz CT molecular complexity index is 790. The van der Waals surface area contributed by atoms with Gasteiger partial charge in [-0.05, 0) is 57.9 Å². The van der Waals surface area contributed by atoms with E-state index in [9.17, 15) is 13.2 Å². The molecule has 2 saturated heterocycles. The second-order valence-corrected chi connectivity index (χ2v) is 11.0. The lowest BCUT2D eigenvalue weighted by atomic mass is 10.1. The standard InChI is InChI=1S/C20H31N3O5S/c1-20(2,3)29(25,26)22-16-8-11-23(12-9-16)19(24)21-15-4-6-17(7-5-15)28-18-10-13-27-14-18/h4-7,16,18,22H,8-14H2,1-3H3,(H,21,24). The molecule has 3 rings (SSSR count). The van der Waals surface area contributed by atoms with E-state index in [0.717, 1.165) is 18.8 Å². The first-order valence-electron chi connectivity index (χ1n) is 10.1. The van der Waals surface area contributed by atoms with Crippen LogP contribution in [-0.2, 0) is 14.8 Å². The van der Waals surface area contributed by atoms with Crippen molar-refractivity contribution in [1.29, 1.82) is 0 Å². The highest BCUT2D eigenvalue weighted by Gasteiger charge is 2.33. The lowest BCUT2D eigenvalue weighted by Gasteiger charge is -2.33. The smallest absolute Gasteiger partial charge is 0.321 e. The minimum absolute atomic E-state index is 0.0902. The third kappa shape index (κ3) is 5.83. The van der Waals surface area contributed by atoms with Gasteiger partial charge in [-0.25, -0.2) is 17.9 Å². The van der Waals surface area contributed by atoms with Crippen molar-refractivity contribution in [3.8, 4) is 5.75 Å². The molecule has 0 spiro atoms. The Morgan fingerprint density at radius 2 is 1.79 bits per heavy atom. The van der Waals surface area contributed by atoms with Crippen LogP contribution in [0.3, 0.4) is 0 Å². The van der Waals surface area contributed by atoms with Gasteiger partial charge < -0.3 is 19.7 Å². The Kier molecular flexibility index (Phi) is 6.70. The number of piperidine rings is 1. The lowest BCUT2D eigenvalue weighted by Crippen LogP contribution is -2.50. The molecule has 0 bridgehead atoms. The van der Waals surface area contributed by atoms with Gasteiger partial charge in [0.25, 0.3) is 0 Å². The van der Waals surface area contributed by atoms with Gasteiger partial charge in [0, 0.05) is 31.2 Å². The molecule has 1 unspecified atom stereocenters. The number of carbonyl (C=O) groups excluding carboxylic acids is 1. The number of hydrogen-bond donors (Lipinski definition) is 2. The van der Waals surface area contributed by atoms with E-state index in [4.69, 9.17) is 9.47 Å². The quantitative estimate of drug-likeness (QED) is 0.756. The Hall–Kier alpha value is -1.84. The lowest BCUT2D eigenvalue weighted by molar-refractivity contribution is 0.141. The van der Waals surface area contributed by atoms with Gasteiger partial charge in [-0.2, -0.15) is 0 Å².